The number of nitrogens with one attached hydrogen (secondary N) is 1. The minimum atomic E-state index is -3.51. The number of hydrogen-bond acceptors (Lipinski definition) is 4. The van der Waals surface area contributed by atoms with E-state index in [0.29, 0.717) is 11.7 Å². The van der Waals surface area contributed by atoms with Crippen molar-refractivity contribution in [2.75, 3.05) is 33.0 Å². The van der Waals surface area contributed by atoms with Crippen LogP contribution in [0, 0.1) is 0 Å². The van der Waals surface area contributed by atoms with Crippen LogP contribution in [0.25, 0.3) is 0 Å². The molecule has 130 valence electrons. The van der Waals surface area contributed by atoms with E-state index in [9.17, 15) is 13.2 Å². The number of nitrogens with zero attached hydrogens (tertiary/aromatic N) is 2. The molecule has 0 aromatic heterocycles. The summed E-state index contributed by atoms with van der Waals surface area (Å²) in [5, 5.41) is 2.76. The molecular weight excluding hydrogens is 314 g/mol. The molecular formula is C16H27N3O3S. The van der Waals surface area contributed by atoms with Crippen molar-refractivity contribution in [3.05, 3.63) is 24.3 Å². The number of rotatable bonds is 8. The molecule has 7 heteroatoms. The summed E-state index contributed by atoms with van der Waals surface area (Å²) in [6, 6.07) is 6.62. The summed E-state index contributed by atoms with van der Waals surface area (Å²) in [4.78, 5) is 14.3. The Morgan fingerprint density at radius 3 is 2.48 bits per heavy atom. The first-order valence-corrected chi connectivity index (χ1v) is 9.15. The molecule has 0 bridgehead atoms. The van der Waals surface area contributed by atoms with Gasteiger partial charge in [-0.1, -0.05) is 19.4 Å². The molecule has 1 rings (SSSR count). The van der Waals surface area contributed by atoms with Crippen LogP contribution in [0.1, 0.15) is 26.7 Å². The molecule has 1 amide bonds. The summed E-state index contributed by atoms with van der Waals surface area (Å²) in [5.41, 5.74) is 0.481. The fourth-order valence-corrected chi connectivity index (χ4v) is 3.11. The molecule has 1 unspecified atom stereocenters. The van der Waals surface area contributed by atoms with Gasteiger partial charge in [-0.15, -0.1) is 0 Å². The molecule has 1 aromatic carbocycles. The van der Waals surface area contributed by atoms with Gasteiger partial charge in [0.05, 0.1) is 11.4 Å². The van der Waals surface area contributed by atoms with Gasteiger partial charge in [-0.25, -0.2) is 12.7 Å². The van der Waals surface area contributed by atoms with Crippen LogP contribution in [0.2, 0.25) is 0 Å². The van der Waals surface area contributed by atoms with Crippen molar-refractivity contribution < 1.29 is 13.2 Å². The van der Waals surface area contributed by atoms with Gasteiger partial charge in [0.25, 0.3) is 0 Å². The molecule has 6 nitrogen and oxygen atoms in total. The molecule has 1 atom stereocenters. The maximum atomic E-state index is 12.1. The Kier molecular flexibility index (Phi) is 7.18. The van der Waals surface area contributed by atoms with E-state index in [1.165, 1.54) is 26.2 Å². The van der Waals surface area contributed by atoms with Gasteiger partial charge in [-0.05, 0) is 38.6 Å². The van der Waals surface area contributed by atoms with E-state index >= 15 is 0 Å². The van der Waals surface area contributed by atoms with Crippen LogP contribution in [0.3, 0.4) is 0 Å². The van der Waals surface area contributed by atoms with Crippen molar-refractivity contribution >= 4 is 21.6 Å². The van der Waals surface area contributed by atoms with Crippen molar-refractivity contribution in [2.45, 2.75) is 37.6 Å². The fraction of sp³-hybridized carbons (Fsp3) is 0.562. The van der Waals surface area contributed by atoms with Crippen molar-refractivity contribution in [1.29, 1.82) is 0 Å². The average molecular weight is 341 g/mol. The topological polar surface area (TPSA) is 69.7 Å². The molecule has 0 spiro atoms. The Hall–Kier alpha value is -1.44. The van der Waals surface area contributed by atoms with Gasteiger partial charge in [0.2, 0.25) is 15.9 Å². The van der Waals surface area contributed by atoms with Crippen LogP contribution in [-0.4, -0.2) is 57.3 Å². The summed E-state index contributed by atoms with van der Waals surface area (Å²) in [5.74, 6) is -0.158. The largest absolute Gasteiger partial charge is 0.325 e. The van der Waals surface area contributed by atoms with E-state index in [1.807, 2.05) is 11.9 Å². The molecule has 0 aliphatic rings. The zero-order valence-corrected chi connectivity index (χ0v) is 15.4. The molecule has 0 heterocycles. The summed E-state index contributed by atoms with van der Waals surface area (Å²) in [6.45, 7) is 4.47. The summed E-state index contributed by atoms with van der Waals surface area (Å²) in [7, 11) is 1.36. The lowest BCUT2D eigenvalue weighted by atomic mass is 10.2. The number of hydrogen-bond donors (Lipinski definition) is 1. The third-order valence-electron chi connectivity index (χ3n) is 3.75. The van der Waals surface area contributed by atoms with Crippen molar-refractivity contribution in [1.82, 2.24) is 9.21 Å². The maximum absolute atomic E-state index is 12.1. The van der Waals surface area contributed by atoms with Crippen LogP contribution in [0.15, 0.2) is 29.2 Å². The highest BCUT2D eigenvalue weighted by atomic mass is 32.2. The lowest BCUT2D eigenvalue weighted by Crippen LogP contribution is -2.36. The van der Waals surface area contributed by atoms with E-state index in [1.54, 1.807) is 12.1 Å². The number of sulfonamides is 1. The lowest BCUT2D eigenvalue weighted by Gasteiger charge is -2.23. The van der Waals surface area contributed by atoms with Crippen LogP contribution < -0.4 is 5.32 Å². The number of carbonyl (C=O) groups excluding carboxylic acids is 1. The van der Waals surface area contributed by atoms with Crippen LogP contribution >= 0.6 is 0 Å². The van der Waals surface area contributed by atoms with Crippen molar-refractivity contribution in [3.63, 3.8) is 0 Å². The zero-order chi connectivity index (χ0) is 17.6. The molecule has 0 radical (unpaired) electrons. The normalized spacial score (nSPS) is 13.3. The highest BCUT2D eigenvalue weighted by molar-refractivity contribution is 7.89. The summed E-state index contributed by atoms with van der Waals surface area (Å²) in [6.07, 6.45) is 2.10. The Balaban J connectivity index is 2.77. The Morgan fingerprint density at radius 2 is 1.91 bits per heavy atom. The van der Waals surface area contributed by atoms with Gasteiger partial charge in [-0.2, -0.15) is 0 Å². The Morgan fingerprint density at radius 1 is 1.26 bits per heavy atom. The van der Waals surface area contributed by atoms with Crippen LogP contribution in [-0.2, 0) is 14.8 Å². The first-order chi connectivity index (χ1) is 10.7. The second kappa shape index (κ2) is 8.42. The smallest absolute Gasteiger partial charge is 0.242 e. The second-order valence-corrected chi connectivity index (χ2v) is 8.07. The van der Waals surface area contributed by atoms with E-state index in [0.717, 1.165) is 17.1 Å². The van der Waals surface area contributed by atoms with Gasteiger partial charge in [-0.3, -0.25) is 9.69 Å². The van der Waals surface area contributed by atoms with Gasteiger partial charge in [0.15, 0.2) is 0 Å². The monoisotopic (exact) mass is 341 g/mol. The highest BCUT2D eigenvalue weighted by Gasteiger charge is 2.18. The zero-order valence-electron chi connectivity index (χ0n) is 14.5. The number of benzene rings is 1. The Bertz CT molecular complexity index is 629. The van der Waals surface area contributed by atoms with Crippen LogP contribution in [0.4, 0.5) is 5.69 Å². The molecule has 0 aliphatic carbocycles. The molecule has 0 fully saturated rings. The first kappa shape index (κ1) is 19.6. The van der Waals surface area contributed by atoms with E-state index < -0.39 is 10.0 Å². The van der Waals surface area contributed by atoms with E-state index in [2.05, 4.69) is 19.2 Å². The van der Waals surface area contributed by atoms with Gasteiger partial charge in [0.1, 0.15) is 0 Å². The maximum Gasteiger partial charge on any atom is 0.242 e. The van der Waals surface area contributed by atoms with E-state index in [4.69, 9.17) is 0 Å². The molecule has 0 aliphatic heterocycles. The van der Waals surface area contributed by atoms with E-state index in [-0.39, 0.29) is 17.3 Å². The lowest BCUT2D eigenvalue weighted by molar-refractivity contribution is -0.117. The molecule has 1 N–H and O–H groups in total. The predicted molar refractivity (Wildman–Crippen MR) is 92.9 cm³/mol. The van der Waals surface area contributed by atoms with Crippen LogP contribution in [0.5, 0.6) is 0 Å². The summed E-state index contributed by atoms with van der Waals surface area (Å²) < 4.78 is 25.4. The van der Waals surface area contributed by atoms with Gasteiger partial charge >= 0.3 is 0 Å². The minimum Gasteiger partial charge on any atom is -0.325 e. The fourth-order valence-electron chi connectivity index (χ4n) is 2.17. The molecule has 1 aromatic rings. The van der Waals surface area contributed by atoms with Gasteiger partial charge in [0, 0.05) is 25.8 Å². The molecule has 0 saturated carbocycles. The summed E-state index contributed by atoms with van der Waals surface area (Å²) >= 11 is 0. The first-order valence-electron chi connectivity index (χ1n) is 7.71. The van der Waals surface area contributed by atoms with Crippen molar-refractivity contribution in [2.24, 2.45) is 0 Å². The number of carbonyl (C=O) groups is 1. The standard InChI is InChI=1S/C16H27N3O3S/c1-6-8-13(2)19(5)12-16(20)17-14-9-7-10-15(11-14)23(21,22)18(3)4/h7,9-11,13H,6,8,12H2,1-5H3,(H,17,20). The molecule has 23 heavy (non-hydrogen) atoms. The minimum absolute atomic E-state index is 0.158. The third-order valence-corrected chi connectivity index (χ3v) is 5.56. The number of likely N-dealkylation sites (N-methyl/N-ethyl adjacent to an activating group) is 1. The third kappa shape index (κ3) is 5.60. The highest BCUT2D eigenvalue weighted by Crippen LogP contribution is 2.18. The van der Waals surface area contributed by atoms with Crippen molar-refractivity contribution in [3.8, 4) is 0 Å². The quantitative estimate of drug-likeness (QED) is 0.785. The Labute approximate surface area is 139 Å². The second-order valence-electron chi connectivity index (χ2n) is 5.92. The number of anilines is 1. The van der Waals surface area contributed by atoms with Gasteiger partial charge < -0.3 is 5.32 Å². The predicted octanol–water partition coefficient (Wildman–Crippen LogP) is 2.00. The SMILES string of the molecule is CCCC(C)N(C)CC(=O)Nc1cccc(S(=O)(=O)N(C)C)c1. The molecule has 0 saturated heterocycles. The number of amides is 1. The average Bonchev–Trinajstić information content (AvgIpc) is 2.47.